The van der Waals surface area contributed by atoms with Crippen LogP contribution in [0.25, 0.3) is 11.0 Å². The number of aromatic amines is 1. The lowest BCUT2D eigenvalue weighted by Crippen LogP contribution is -2.04. The molecule has 1 heterocycles. The van der Waals surface area contributed by atoms with Crippen LogP contribution in [0.4, 0.5) is 0 Å². The molecule has 4 atom stereocenters. The van der Waals surface area contributed by atoms with Crippen LogP contribution in [0.2, 0.25) is 0 Å². The van der Waals surface area contributed by atoms with Crippen LogP contribution in [0.1, 0.15) is 25.3 Å². The second-order valence-corrected chi connectivity index (χ2v) is 7.74. The highest BCUT2D eigenvalue weighted by Crippen LogP contribution is 2.71. The predicted octanol–water partition coefficient (Wildman–Crippen LogP) is 4.68. The molecule has 4 unspecified atom stereocenters. The van der Waals surface area contributed by atoms with Crippen LogP contribution in [0, 0.1) is 28.4 Å². The first-order valence-corrected chi connectivity index (χ1v) is 8.34. The number of H-pyrrole nitrogens is 1. The van der Waals surface area contributed by atoms with Gasteiger partial charge in [-0.1, -0.05) is 15.9 Å². The molecule has 1 N–H and O–H groups in total. The molecule has 98 valence electrons. The highest BCUT2D eigenvalue weighted by atomic mass is 79.9. The average Bonchev–Trinajstić information content (AvgIpc) is 2.74. The summed E-state index contributed by atoms with van der Waals surface area (Å²) < 4.78 is 4.43. The number of hydrogen-bond donors (Lipinski definition) is 1. The van der Waals surface area contributed by atoms with Crippen molar-refractivity contribution < 1.29 is 0 Å². The summed E-state index contributed by atoms with van der Waals surface area (Å²) in [6.07, 6.45) is 4.42. The lowest BCUT2D eigenvalue weighted by molar-refractivity contribution is 0.456. The van der Waals surface area contributed by atoms with E-state index in [1.54, 1.807) is 0 Å². The van der Waals surface area contributed by atoms with E-state index < -0.39 is 0 Å². The van der Waals surface area contributed by atoms with E-state index in [1.165, 1.54) is 24.8 Å². The van der Waals surface area contributed by atoms with Crippen molar-refractivity contribution in [3.05, 3.63) is 27.4 Å². The molecule has 3 saturated carbocycles. The zero-order valence-electron chi connectivity index (χ0n) is 10.5. The Labute approximate surface area is 125 Å². The van der Waals surface area contributed by atoms with Crippen LogP contribution in [0.3, 0.4) is 0 Å². The van der Waals surface area contributed by atoms with Gasteiger partial charge in [-0.2, -0.15) is 0 Å². The largest absolute Gasteiger partial charge is 0.331 e. The standard InChI is InChI=1S/C15H15BrN2S/c16-9-3-4-11-10(6-9)17-15(19)18(11)14-12-7-1-2-8(5-7)13(12)14/h3-4,6-8,12-14H,1-2,5H2,(H,17,19). The van der Waals surface area contributed by atoms with Crippen molar-refractivity contribution in [1.82, 2.24) is 9.55 Å². The van der Waals surface area contributed by atoms with E-state index in [0.29, 0.717) is 6.04 Å². The van der Waals surface area contributed by atoms with E-state index >= 15 is 0 Å². The summed E-state index contributed by atoms with van der Waals surface area (Å²) in [6, 6.07) is 7.14. The first kappa shape index (κ1) is 11.1. The van der Waals surface area contributed by atoms with Crippen LogP contribution in [-0.2, 0) is 0 Å². The monoisotopic (exact) mass is 334 g/mol. The molecule has 0 amide bonds. The molecule has 3 aliphatic rings. The van der Waals surface area contributed by atoms with Gasteiger partial charge in [-0.25, -0.2) is 0 Å². The molecule has 3 fully saturated rings. The second kappa shape index (κ2) is 3.53. The summed E-state index contributed by atoms with van der Waals surface area (Å²) in [5.41, 5.74) is 2.45. The molecule has 1 aromatic carbocycles. The summed E-state index contributed by atoms with van der Waals surface area (Å²) in [5, 5.41) is 0. The second-order valence-electron chi connectivity index (χ2n) is 6.44. The third-order valence-corrected chi connectivity index (χ3v) is 6.46. The van der Waals surface area contributed by atoms with Gasteiger partial charge in [0.25, 0.3) is 0 Å². The first-order valence-electron chi connectivity index (χ1n) is 7.14. The maximum Gasteiger partial charge on any atom is 0.178 e. The summed E-state index contributed by atoms with van der Waals surface area (Å²) in [7, 11) is 0. The highest BCUT2D eigenvalue weighted by Gasteiger charge is 2.66. The van der Waals surface area contributed by atoms with Gasteiger partial charge in [-0.3, -0.25) is 0 Å². The fourth-order valence-electron chi connectivity index (χ4n) is 5.02. The fraction of sp³-hybridized carbons (Fsp3) is 0.533. The minimum Gasteiger partial charge on any atom is -0.331 e. The molecule has 2 nitrogen and oxygen atoms in total. The lowest BCUT2D eigenvalue weighted by Gasteiger charge is -2.11. The Morgan fingerprint density at radius 2 is 1.95 bits per heavy atom. The van der Waals surface area contributed by atoms with E-state index in [2.05, 4.69) is 43.7 Å². The Morgan fingerprint density at radius 1 is 1.21 bits per heavy atom. The molecule has 0 aliphatic heterocycles. The summed E-state index contributed by atoms with van der Waals surface area (Å²) in [6.45, 7) is 0. The van der Waals surface area contributed by atoms with Crippen LogP contribution in [0.5, 0.6) is 0 Å². The Kier molecular flexibility index (Phi) is 2.06. The topological polar surface area (TPSA) is 20.7 Å². The van der Waals surface area contributed by atoms with Crippen molar-refractivity contribution >= 4 is 39.2 Å². The number of nitrogens with zero attached hydrogens (tertiary/aromatic N) is 1. The molecule has 19 heavy (non-hydrogen) atoms. The van der Waals surface area contributed by atoms with E-state index in [1.807, 2.05) is 0 Å². The predicted molar refractivity (Wildman–Crippen MR) is 81.7 cm³/mol. The molecule has 0 radical (unpaired) electrons. The zero-order valence-corrected chi connectivity index (χ0v) is 12.9. The Bertz CT molecular complexity index is 730. The van der Waals surface area contributed by atoms with Crippen LogP contribution < -0.4 is 0 Å². The molecule has 3 aliphatic carbocycles. The van der Waals surface area contributed by atoms with Gasteiger partial charge >= 0.3 is 0 Å². The number of rotatable bonds is 1. The van der Waals surface area contributed by atoms with Gasteiger partial charge in [0.05, 0.1) is 11.0 Å². The Hall–Kier alpha value is -0.610. The average molecular weight is 335 g/mol. The van der Waals surface area contributed by atoms with Gasteiger partial charge in [0.2, 0.25) is 0 Å². The molecule has 2 aromatic rings. The van der Waals surface area contributed by atoms with Crippen molar-refractivity contribution in [1.29, 1.82) is 0 Å². The molecular weight excluding hydrogens is 320 g/mol. The number of halogens is 1. The van der Waals surface area contributed by atoms with Crippen LogP contribution in [-0.4, -0.2) is 9.55 Å². The highest BCUT2D eigenvalue weighted by molar-refractivity contribution is 9.10. The third kappa shape index (κ3) is 1.34. The minimum atomic E-state index is 0.689. The smallest absolute Gasteiger partial charge is 0.178 e. The number of nitrogens with one attached hydrogen (secondary N) is 1. The van der Waals surface area contributed by atoms with Gasteiger partial charge in [0.1, 0.15) is 0 Å². The lowest BCUT2D eigenvalue weighted by atomic mass is 10.0. The van der Waals surface area contributed by atoms with Crippen molar-refractivity contribution in [2.45, 2.75) is 25.3 Å². The quantitative estimate of drug-likeness (QED) is 0.751. The molecule has 0 spiro atoms. The number of benzene rings is 1. The third-order valence-electron chi connectivity index (χ3n) is 5.67. The Morgan fingerprint density at radius 3 is 2.68 bits per heavy atom. The molecule has 5 rings (SSSR count). The SMILES string of the molecule is S=c1[nH]c2cc(Br)ccc2n1C1C2C3CCC(C3)C21. The number of fused-ring (bicyclic) bond motifs is 6. The van der Waals surface area contributed by atoms with Crippen molar-refractivity contribution in [2.75, 3.05) is 0 Å². The molecule has 2 bridgehead atoms. The van der Waals surface area contributed by atoms with E-state index in [4.69, 9.17) is 12.2 Å². The minimum absolute atomic E-state index is 0.689. The zero-order chi connectivity index (χ0) is 12.7. The number of aromatic nitrogens is 2. The van der Waals surface area contributed by atoms with Gasteiger partial charge in [0, 0.05) is 10.5 Å². The maximum atomic E-state index is 5.58. The van der Waals surface area contributed by atoms with Crippen molar-refractivity contribution in [2.24, 2.45) is 23.7 Å². The number of imidazole rings is 1. The first-order chi connectivity index (χ1) is 9.24. The van der Waals surface area contributed by atoms with Crippen molar-refractivity contribution in [3.63, 3.8) is 0 Å². The van der Waals surface area contributed by atoms with E-state index in [9.17, 15) is 0 Å². The normalized spacial score (nSPS) is 38.9. The van der Waals surface area contributed by atoms with Gasteiger partial charge < -0.3 is 9.55 Å². The number of hydrogen-bond acceptors (Lipinski definition) is 1. The molecule has 1 aromatic heterocycles. The van der Waals surface area contributed by atoms with Crippen molar-refractivity contribution in [3.8, 4) is 0 Å². The summed E-state index contributed by atoms with van der Waals surface area (Å²) in [4.78, 5) is 3.38. The molecule has 4 heteroatoms. The Balaban J connectivity index is 1.67. The van der Waals surface area contributed by atoms with Gasteiger partial charge in [-0.15, -0.1) is 0 Å². The van der Waals surface area contributed by atoms with Gasteiger partial charge in [-0.05, 0) is 73.4 Å². The summed E-state index contributed by atoms with van der Waals surface area (Å²) in [5.74, 6) is 3.82. The van der Waals surface area contributed by atoms with Gasteiger partial charge in [0.15, 0.2) is 4.77 Å². The maximum absolute atomic E-state index is 5.58. The summed E-state index contributed by atoms with van der Waals surface area (Å²) >= 11 is 9.11. The van der Waals surface area contributed by atoms with E-state index in [0.717, 1.165) is 38.4 Å². The van der Waals surface area contributed by atoms with E-state index in [-0.39, 0.29) is 0 Å². The van der Waals surface area contributed by atoms with Crippen LogP contribution >= 0.6 is 28.1 Å². The van der Waals surface area contributed by atoms with Crippen LogP contribution in [0.15, 0.2) is 22.7 Å². The molecule has 0 saturated heterocycles. The fourth-order valence-corrected chi connectivity index (χ4v) is 5.71. The molecular formula is C15H15BrN2S.